The third-order valence-electron chi connectivity index (χ3n) is 3.22. The molecule has 0 bridgehead atoms. The van der Waals surface area contributed by atoms with Crippen LogP contribution in [0.3, 0.4) is 0 Å². The topological polar surface area (TPSA) is 48.1 Å². The van der Waals surface area contributed by atoms with Gasteiger partial charge in [-0.3, -0.25) is 4.98 Å². The highest BCUT2D eigenvalue weighted by atomic mass is 16.5. The first-order chi connectivity index (χ1) is 9.56. The first-order valence-electron chi connectivity index (χ1n) is 7.02. The molecular formula is C17H22N2O. The van der Waals surface area contributed by atoms with Gasteiger partial charge in [-0.15, -0.1) is 0 Å². The van der Waals surface area contributed by atoms with Crippen LogP contribution < -0.4 is 10.5 Å². The summed E-state index contributed by atoms with van der Waals surface area (Å²) in [6.07, 6.45) is 5.37. The van der Waals surface area contributed by atoms with Crippen LogP contribution in [0.2, 0.25) is 0 Å². The number of rotatable bonds is 5. The molecule has 1 aromatic carbocycles. The summed E-state index contributed by atoms with van der Waals surface area (Å²) in [5.74, 6) is 1.61. The molecule has 1 heterocycles. The van der Waals surface area contributed by atoms with E-state index in [2.05, 4.69) is 31.8 Å². The molecule has 0 saturated heterocycles. The third-order valence-corrected chi connectivity index (χ3v) is 3.22. The summed E-state index contributed by atoms with van der Waals surface area (Å²) in [5, 5.41) is 0. The third kappa shape index (κ3) is 4.07. The highest BCUT2D eigenvalue weighted by Gasteiger charge is 2.05. The number of ether oxygens (including phenoxy) is 1. The molecule has 0 saturated carbocycles. The summed E-state index contributed by atoms with van der Waals surface area (Å²) in [6, 6.07) is 8.37. The predicted octanol–water partition coefficient (Wildman–Crippen LogP) is 3.77. The van der Waals surface area contributed by atoms with Crippen molar-refractivity contribution in [2.24, 2.45) is 5.73 Å². The SMILES string of the molecule is CCC(N)Cc1cncc(Oc2cc(C)cc(C)c2)c1. The van der Waals surface area contributed by atoms with Crippen LogP contribution in [-0.2, 0) is 6.42 Å². The zero-order valence-corrected chi connectivity index (χ0v) is 12.4. The Labute approximate surface area is 120 Å². The number of hydrogen-bond acceptors (Lipinski definition) is 3. The van der Waals surface area contributed by atoms with Gasteiger partial charge in [-0.25, -0.2) is 0 Å². The molecule has 3 nitrogen and oxygen atoms in total. The lowest BCUT2D eigenvalue weighted by Crippen LogP contribution is -2.21. The number of aromatic nitrogens is 1. The molecule has 1 atom stereocenters. The Morgan fingerprint density at radius 3 is 2.40 bits per heavy atom. The molecule has 0 aliphatic heterocycles. The Balaban J connectivity index is 2.15. The van der Waals surface area contributed by atoms with Crippen molar-refractivity contribution in [1.29, 1.82) is 0 Å². The van der Waals surface area contributed by atoms with Crippen molar-refractivity contribution in [3.8, 4) is 11.5 Å². The Morgan fingerprint density at radius 2 is 1.75 bits per heavy atom. The summed E-state index contributed by atoms with van der Waals surface area (Å²) < 4.78 is 5.89. The van der Waals surface area contributed by atoms with Gasteiger partial charge in [0.1, 0.15) is 11.5 Å². The van der Waals surface area contributed by atoms with Crippen molar-refractivity contribution in [2.75, 3.05) is 0 Å². The number of pyridine rings is 1. The van der Waals surface area contributed by atoms with E-state index in [1.807, 2.05) is 24.4 Å². The van der Waals surface area contributed by atoms with Crippen LogP contribution in [0.4, 0.5) is 0 Å². The predicted molar refractivity (Wildman–Crippen MR) is 82.2 cm³/mol. The molecule has 0 spiro atoms. The summed E-state index contributed by atoms with van der Waals surface area (Å²) in [5.41, 5.74) is 9.47. The Hall–Kier alpha value is -1.87. The molecule has 3 heteroatoms. The monoisotopic (exact) mass is 270 g/mol. The molecule has 2 N–H and O–H groups in total. The fraction of sp³-hybridized carbons (Fsp3) is 0.353. The molecule has 0 aliphatic carbocycles. The van der Waals surface area contributed by atoms with Crippen molar-refractivity contribution in [1.82, 2.24) is 4.98 Å². The maximum atomic E-state index is 5.98. The largest absolute Gasteiger partial charge is 0.456 e. The van der Waals surface area contributed by atoms with Crippen molar-refractivity contribution < 1.29 is 4.74 Å². The minimum absolute atomic E-state index is 0.174. The molecular weight excluding hydrogens is 248 g/mol. The standard InChI is InChI=1S/C17H22N2O/c1-4-15(18)8-14-9-17(11-19-10-14)20-16-6-12(2)5-13(3)7-16/h5-7,9-11,15H,4,8,18H2,1-3H3. The molecule has 2 rings (SSSR count). The maximum Gasteiger partial charge on any atom is 0.145 e. The van der Waals surface area contributed by atoms with Crippen LogP contribution in [0.5, 0.6) is 11.5 Å². The molecule has 0 fully saturated rings. The first-order valence-corrected chi connectivity index (χ1v) is 7.02. The number of nitrogens with zero attached hydrogens (tertiary/aromatic N) is 1. The Kier molecular flexibility index (Phi) is 4.74. The highest BCUT2D eigenvalue weighted by molar-refractivity contribution is 5.37. The summed E-state index contributed by atoms with van der Waals surface area (Å²) in [4.78, 5) is 4.23. The van der Waals surface area contributed by atoms with E-state index in [-0.39, 0.29) is 6.04 Å². The van der Waals surface area contributed by atoms with Crippen LogP contribution in [0, 0.1) is 13.8 Å². The quantitative estimate of drug-likeness (QED) is 0.899. The van der Waals surface area contributed by atoms with E-state index >= 15 is 0 Å². The lowest BCUT2D eigenvalue weighted by Gasteiger charge is -2.11. The zero-order valence-electron chi connectivity index (χ0n) is 12.4. The first kappa shape index (κ1) is 14.5. The molecule has 0 aliphatic rings. The number of aryl methyl sites for hydroxylation is 2. The van der Waals surface area contributed by atoms with Crippen molar-refractivity contribution >= 4 is 0 Å². The van der Waals surface area contributed by atoms with Gasteiger partial charge in [0.25, 0.3) is 0 Å². The van der Waals surface area contributed by atoms with Gasteiger partial charge >= 0.3 is 0 Å². The van der Waals surface area contributed by atoms with E-state index in [0.717, 1.165) is 29.9 Å². The number of hydrogen-bond donors (Lipinski definition) is 1. The molecule has 2 aromatic rings. The van der Waals surface area contributed by atoms with Crippen molar-refractivity contribution in [3.05, 3.63) is 53.3 Å². The van der Waals surface area contributed by atoms with Crippen molar-refractivity contribution in [2.45, 2.75) is 39.7 Å². The zero-order chi connectivity index (χ0) is 14.5. The molecule has 20 heavy (non-hydrogen) atoms. The van der Waals surface area contributed by atoms with Gasteiger partial charge in [-0.2, -0.15) is 0 Å². The molecule has 106 valence electrons. The number of nitrogens with two attached hydrogens (primary N) is 1. The maximum absolute atomic E-state index is 5.98. The summed E-state index contributed by atoms with van der Waals surface area (Å²) in [7, 11) is 0. The van der Waals surface area contributed by atoms with Crippen LogP contribution in [0.1, 0.15) is 30.0 Å². The molecule has 1 aromatic heterocycles. The van der Waals surface area contributed by atoms with Gasteiger partial charge in [0.2, 0.25) is 0 Å². The average Bonchev–Trinajstić information content (AvgIpc) is 2.37. The Morgan fingerprint density at radius 1 is 1.05 bits per heavy atom. The van der Waals surface area contributed by atoms with Crippen molar-refractivity contribution in [3.63, 3.8) is 0 Å². The summed E-state index contributed by atoms with van der Waals surface area (Å²) >= 11 is 0. The second-order valence-electron chi connectivity index (χ2n) is 5.33. The fourth-order valence-electron chi connectivity index (χ4n) is 2.21. The van der Waals surface area contributed by atoms with Crippen LogP contribution >= 0.6 is 0 Å². The van der Waals surface area contributed by atoms with E-state index in [1.165, 1.54) is 11.1 Å². The van der Waals surface area contributed by atoms with Crippen LogP contribution in [0.15, 0.2) is 36.7 Å². The lowest BCUT2D eigenvalue weighted by molar-refractivity contribution is 0.478. The van der Waals surface area contributed by atoms with E-state index in [1.54, 1.807) is 6.20 Å². The van der Waals surface area contributed by atoms with E-state index in [9.17, 15) is 0 Å². The molecule has 0 radical (unpaired) electrons. The lowest BCUT2D eigenvalue weighted by atomic mass is 10.1. The highest BCUT2D eigenvalue weighted by Crippen LogP contribution is 2.24. The Bertz CT molecular complexity index is 561. The second kappa shape index (κ2) is 6.53. The molecule has 1 unspecified atom stereocenters. The minimum atomic E-state index is 0.174. The number of benzene rings is 1. The van der Waals surface area contributed by atoms with Gasteiger partial charge in [-0.1, -0.05) is 13.0 Å². The van der Waals surface area contributed by atoms with Gasteiger partial charge < -0.3 is 10.5 Å². The van der Waals surface area contributed by atoms with Gasteiger partial charge in [0, 0.05) is 12.2 Å². The normalized spacial score (nSPS) is 12.2. The average molecular weight is 270 g/mol. The fourth-order valence-corrected chi connectivity index (χ4v) is 2.21. The van der Waals surface area contributed by atoms with Gasteiger partial charge in [0.15, 0.2) is 0 Å². The van der Waals surface area contributed by atoms with Gasteiger partial charge in [0.05, 0.1) is 6.20 Å². The minimum Gasteiger partial charge on any atom is -0.456 e. The smallest absolute Gasteiger partial charge is 0.145 e. The van der Waals surface area contributed by atoms with E-state index < -0.39 is 0 Å². The van der Waals surface area contributed by atoms with E-state index in [0.29, 0.717) is 0 Å². The van der Waals surface area contributed by atoms with Crippen LogP contribution in [-0.4, -0.2) is 11.0 Å². The molecule has 0 amide bonds. The second-order valence-corrected chi connectivity index (χ2v) is 5.33. The van der Waals surface area contributed by atoms with E-state index in [4.69, 9.17) is 10.5 Å². The van der Waals surface area contributed by atoms with Crippen LogP contribution in [0.25, 0.3) is 0 Å². The van der Waals surface area contributed by atoms with Gasteiger partial charge in [-0.05, 0) is 61.6 Å². The summed E-state index contributed by atoms with van der Waals surface area (Å²) in [6.45, 7) is 6.22.